The van der Waals surface area contributed by atoms with E-state index in [1.807, 2.05) is 0 Å². The van der Waals surface area contributed by atoms with E-state index in [9.17, 15) is 0 Å². The van der Waals surface area contributed by atoms with Crippen molar-refractivity contribution in [1.29, 1.82) is 0 Å². The summed E-state index contributed by atoms with van der Waals surface area (Å²) in [5.74, 6) is 0. The van der Waals surface area contributed by atoms with Gasteiger partial charge in [-0.1, -0.05) is 228 Å². The van der Waals surface area contributed by atoms with Crippen LogP contribution in [0.2, 0.25) is 0 Å². The second-order valence-electron chi connectivity index (χ2n) is 19.9. The van der Waals surface area contributed by atoms with Crippen LogP contribution in [0.25, 0.3) is 78.9 Å². The number of rotatable bonds is 11. The average Bonchev–Trinajstić information content (AvgIpc) is 3.84. The van der Waals surface area contributed by atoms with Gasteiger partial charge in [-0.25, -0.2) is 0 Å². The molecule has 0 amide bonds. The van der Waals surface area contributed by atoms with Crippen LogP contribution in [0.3, 0.4) is 0 Å². The van der Waals surface area contributed by atoms with Gasteiger partial charge in [-0.15, -0.1) is 0 Å². The topological polar surface area (TPSA) is 3.24 Å². The Hall–Kier alpha value is -8.26. The summed E-state index contributed by atoms with van der Waals surface area (Å²) in [5.41, 5.74) is 26.6. The number of para-hydroxylation sites is 2. The molecule has 0 unspecified atom stereocenters. The lowest BCUT2D eigenvalue weighted by Gasteiger charge is -2.32. The van der Waals surface area contributed by atoms with Gasteiger partial charge in [0.1, 0.15) is 0 Å². The first-order valence-electron chi connectivity index (χ1n) is 25.4. The van der Waals surface area contributed by atoms with Crippen molar-refractivity contribution in [3.05, 3.63) is 270 Å². The van der Waals surface area contributed by atoms with Gasteiger partial charge in [0.2, 0.25) is 0 Å². The van der Waals surface area contributed by atoms with Crippen LogP contribution in [0.4, 0.5) is 17.1 Å². The van der Waals surface area contributed by atoms with Crippen molar-refractivity contribution in [3.63, 3.8) is 0 Å². The molecule has 1 heteroatoms. The molecule has 0 atom stereocenters. The highest BCUT2D eigenvalue weighted by atomic mass is 15.1. The van der Waals surface area contributed by atoms with E-state index in [2.05, 4.69) is 281 Å². The number of hydrogen-bond donors (Lipinski definition) is 0. The van der Waals surface area contributed by atoms with E-state index in [-0.39, 0.29) is 10.8 Å². The molecule has 0 aromatic heterocycles. The fourth-order valence-electron chi connectivity index (χ4n) is 11.9. The van der Waals surface area contributed by atoms with Gasteiger partial charge < -0.3 is 4.90 Å². The van der Waals surface area contributed by atoms with Crippen molar-refractivity contribution >= 4 is 29.2 Å². The summed E-state index contributed by atoms with van der Waals surface area (Å²) < 4.78 is 0. The standard InChI is InChI=1S/C70H57N/c1-5-70(6-2)67-44-49(30-40-62(67)63-43-39-58(47-68(63)70)71(56-20-12-8-13-21-56)57-22-14-9-15-23-57)27-26-48-28-31-53(32-29-48)64-45-54(50-18-10-7-11-19-50)37-41-59(64)52-35-33-51(34-36-52)55-38-42-61-60-24-16-17-25-65(60)69(3,4)66(61)46-55/h7-47H,5-6H2,1-4H3/b27-26+. The van der Waals surface area contributed by atoms with Crippen molar-refractivity contribution in [3.8, 4) is 66.8 Å². The summed E-state index contributed by atoms with van der Waals surface area (Å²) in [6, 6.07) is 87.5. The van der Waals surface area contributed by atoms with Crippen LogP contribution in [0.1, 0.15) is 73.9 Å². The summed E-state index contributed by atoms with van der Waals surface area (Å²) in [6.45, 7) is 9.42. The van der Waals surface area contributed by atoms with Gasteiger partial charge in [-0.2, -0.15) is 0 Å². The summed E-state index contributed by atoms with van der Waals surface area (Å²) in [7, 11) is 0. The van der Waals surface area contributed by atoms with Gasteiger partial charge in [0, 0.05) is 27.9 Å². The minimum atomic E-state index is -0.0798. The first kappa shape index (κ1) is 44.0. The predicted octanol–water partition coefficient (Wildman–Crippen LogP) is 19.4. The lowest BCUT2D eigenvalue weighted by molar-refractivity contribution is 0.490. The third-order valence-corrected chi connectivity index (χ3v) is 15.8. The number of fused-ring (bicyclic) bond motifs is 6. The second kappa shape index (κ2) is 17.9. The van der Waals surface area contributed by atoms with Crippen LogP contribution in [0, 0.1) is 0 Å². The fraction of sp³-hybridized carbons (Fsp3) is 0.114. The van der Waals surface area contributed by atoms with E-state index >= 15 is 0 Å². The lowest BCUT2D eigenvalue weighted by Crippen LogP contribution is -2.23. The van der Waals surface area contributed by atoms with Gasteiger partial charge in [-0.05, 0) is 162 Å². The molecule has 342 valence electrons. The number of hydrogen-bond acceptors (Lipinski definition) is 1. The minimum Gasteiger partial charge on any atom is -0.310 e. The third kappa shape index (κ3) is 7.65. The Morgan fingerprint density at radius 2 is 0.761 bits per heavy atom. The fourth-order valence-corrected chi connectivity index (χ4v) is 11.9. The van der Waals surface area contributed by atoms with E-state index in [1.54, 1.807) is 0 Å². The van der Waals surface area contributed by atoms with Gasteiger partial charge in [0.25, 0.3) is 0 Å². The molecule has 71 heavy (non-hydrogen) atoms. The molecule has 0 saturated carbocycles. The van der Waals surface area contributed by atoms with Crippen LogP contribution in [0.5, 0.6) is 0 Å². The van der Waals surface area contributed by atoms with Crippen LogP contribution in [0.15, 0.2) is 237 Å². The molecule has 0 bridgehead atoms. The molecule has 0 aliphatic heterocycles. The second-order valence-corrected chi connectivity index (χ2v) is 19.9. The Bertz CT molecular complexity index is 3560. The zero-order chi connectivity index (χ0) is 48.1. The Balaban J connectivity index is 0.837. The first-order chi connectivity index (χ1) is 34.8. The van der Waals surface area contributed by atoms with Crippen LogP contribution in [-0.2, 0) is 10.8 Å². The van der Waals surface area contributed by atoms with Crippen molar-refractivity contribution in [2.45, 2.75) is 51.4 Å². The Morgan fingerprint density at radius 3 is 1.44 bits per heavy atom. The molecule has 12 rings (SSSR count). The predicted molar refractivity (Wildman–Crippen MR) is 303 cm³/mol. The maximum atomic E-state index is 2.46. The molecule has 1 nitrogen and oxygen atoms in total. The highest BCUT2D eigenvalue weighted by molar-refractivity contribution is 5.90. The number of benzene rings is 10. The first-order valence-corrected chi connectivity index (χ1v) is 25.4. The molecule has 0 radical (unpaired) electrons. The van der Waals surface area contributed by atoms with Crippen molar-refractivity contribution in [2.75, 3.05) is 4.90 Å². The molecular weight excluding hydrogens is 855 g/mol. The van der Waals surface area contributed by atoms with E-state index < -0.39 is 0 Å². The SMILES string of the molecule is CCC1(CC)c2cc(/C=C/c3ccc(-c4cc(-c5ccccc5)ccc4-c4ccc(-c5ccc6c(c5)C(C)(C)c5ccccc5-6)cc4)cc3)ccc2-c2ccc(N(c3ccccc3)c3ccccc3)cc21. The van der Waals surface area contributed by atoms with Gasteiger partial charge in [0.05, 0.1) is 0 Å². The van der Waals surface area contributed by atoms with Gasteiger partial charge in [-0.3, -0.25) is 0 Å². The minimum absolute atomic E-state index is 0.0325. The highest BCUT2D eigenvalue weighted by Crippen LogP contribution is 2.55. The van der Waals surface area contributed by atoms with Gasteiger partial charge in [0.15, 0.2) is 0 Å². The normalized spacial score (nSPS) is 13.6. The van der Waals surface area contributed by atoms with Crippen molar-refractivity contribution in [2.24, 2.45) is 0 Å². The molecule has 0 N–H and O–H groups in total. The monoisotopic (exact) mass is 911 g/mol. The number of anilines is 3. The van der Waals surface area contributed by atoms with E-state index in [0.717, 1.165) is 24.2 Å². The largest absolute Gasteiger partial charge is 0.310 e. The zero-order valence-corrected chi connectivity index (χ0v) is 41.0. The smallest absolute Gasteiger partial charge is 0.0465 e. The summed E-state index contributed by atoms with van der Waals surface area (Å²) in [4.78, 5) is 2.38. The average molecular weight is 912 g/mol. The quantitative estimate of drug-likeness (QED) is 0.117. The van der Waals surface area contributed by atoms with E-state index in [1.165, 1.54) is 106 Å². The molecule has 0 spiro atoms. The van der Waals surface area contributed by atoms with Crippen LogP contribution >= 0.6 is 0 Å². The zero-order valence-electron chi connectivity index (χ0n) is 41.0. The van der Waals surface area contributed by atoms with Crippen LogP contribution < -0.4 is 4.90 Å². The maximum absolute atomic E-state index is 2.46. The Kier molecular flexibility index (Phi) is 11.1. The highest BCUT2D eigenvalue weighted by Gasteiger charge is 2.41. The summed E-state index contributed by atoms with van der Waals surface area (Å²) >= 11 is 0. The maximum Gasteiger partial charge on any atom is 0.0465 e. The Morgan fingerprint density at radius 1 is 0.310 bits per heavy atom. The number of nitrogens with zero attached hydrogens (tertiary/aromatic N) is 1. The summed E-state index contributed by atoms with van der Waals surface area (Å²) in [5, 5.41) is 0. The molecule has 0 saturated heterocycles. The summed E-state index contributed by atoms with van der Waals surface area (Å²) in [6.07, 6.45) is 6.61. The van der Waals surface area contributed by atoms with E-state index in [0.29, 0.717) is 0 Å². The molecule has 10 aromatic rings. The lowest BCUT2D eigenvalue weighted by atomic mass is 9.73. The third-order valence-electron chi connectivity index (χ3n) is 15.8. The Labute approximate surface area is 420 Å². The van der Waals surface area contributed by atoms with Crippen molar-refractivity contribution in [1.82, 2.24) is 0 Å². The van der Waals surface area contributed by atoms with Crippen LogP contribution in [-0.4, -0.2) is 0 Å². The molecule has 0 fully saturated rings. The van der Waals surface area contributed by atoms with Crippen molar-refractivity contribution < 1.29 is 0 Å². The van der Waals surface area contributed by atoms with E-state index in [4.69, 9.17) is 0 Å². The molecule has 0 heterocycles. The molecule has 2 aliphatic rings. The molecular formula is C70H57N. The molecule has 2 aliphatic carbocycles. The molecule has 10 aromatic carbocycles. The van der Waals surface area contributed by atoms with Gasteiger partial charge >= 0.3 is 0 Å².